The first-order chi connectivity index (χ1) is 9.78. The number of halogens is 1. The molecule has 0 aliphatic rings. The maximum Gasteiger partial charge on any atom is 0.00313 e. The van der Waals surface area contributed by atoms with Crippen LogP contribution in [0, 0.1) is 11.8 Å². The van der Waals surface area contributed by atoms with E-state index in [1.165, 1.54) is 88.8 Å². The SMILES string of the molecule is CCCC(CCC)CCCC(CCC)CCCCCBr. The molecule has 0 aromatic carbocycles. The molecule has 1 heteroatoms. The molecule has 0 saturated carbocycles. The molecule has 0 heterocycles. The van der Waals surface area contributed by atoms with Crippen LogP contribution < -0.4 is 0 Å². The van der Waals surface area contributed by atoms with Gasteiger partial charge in [0, 0.05) is 5.33 Å². The Bertz CT molecular complexity index is 173. The molecule has 0 bridgehead atoms. The average Bonchev–Trinajstić information content (AvgIpc) is 2.44. The fourth-order valence-corrected chi connectivity index (χ4v) is 3.89. The fraction of sp³-hybridized carbons (Fsp3) is 1.00. The third kappa shape index (κ3) is 12.2. The lowest BCUT2D eigenvalue weighted by atomic mass is 9.87. The van der Waals surface area contributed by atoms with Crippen molar-refractivity contribution in [3.8, 4) is 0 Å². The quantitative estimate of drug-likeness (QED) is 0.210. The zero-order chi connectivity index (χ0) is 15.1. The van der Waals surface area contributed by atoms with Gasteiger partial charge in [0.2, 0.25) is 0 Å². The molecule has 0 aromatic heterocycles. The second kappa shape index (κ2) is 15.9. The molecular formula is C19H39Br. The van der Waals surface area contributed by atoms with E-state index < -0.39 is 0 Å². The van der Waals surface area contributed by atoms with Crippen LogP contribution in [-0.4, -0.2) is 5.33 Å². The second-order valence-corrected chi connectivity index (χ2v) is 7.36. The van der Waals surface area contributed by atoms with Crippen LogP contribution in [0.4, 0.5) is 0 Å². The van der Waals surface area contributed by atoms with Gasteiger partial charge < -0.3 is 0 Å². The Kier molecular flexibility index (Phi) is 16.2. The molecule has 0 aliphatic heterocycles. The summed E-state index contributed by atoms with van der Waals surface area (Å²) in [6.45, 7) is 7.03. The van der Waals surface area contributed by atoms with Crippen LogP contribution in [0.2, 0.25) is 0 Å². The number of rotatable bonds is 15. The first kappa shape index (κ1) is 20.5. The smallest absolute Gasteiger partial charge is 0.00313 e. The number of hydrogen-bond acceptors (Lipinski definition) is 0. The molecule has 0 radical (unpaired) electrons. The van der Waals surface area contributed by atoms with Crippen molar-refractivity contribution in [1.82, 2.24) is 0 Å². The maximum absolute atomic E-state index is 3.53. The summed E-state index contributed by atoms with van der Waals surface area (Å²) in [5, 5.41) is 1.18. The van der Waals surface area contributed by atoms with Crippen LogP contribution >= 0.6 is 15.9 Å². The maximum atomic E-state index is 3.53. The highest BCUT2D eigenvalue weighted by molar-refractivity contribution is 9.09. The summed E-state index contributed by atoms with van der Waals surface area (Å²) in [6.07, 6.45) is 18.6. The highest BCUT2D eigenvalue weighted by Gasteiger charge is 2.11. The highest BCUT2D eigenvalue weighted by Crippen LogP contribution is 2.26. The minimum Gasteiger partial charge on any atom is -0.0928 e. The molecule has 1 unspecified atom stereocenters. The molecule has 122 valence electrons. The van der Waals surface area contributed by atoms with Gasteiger partial charge in [0.1, 0.15) is 0 Å². The minimum absolute atomic E-state index is 1.01. The predicted octanol–water partition coefficient (Wildman–Crippen LogP) is 7.74. The summed E-state index contributed by atoms with van der Waals surface area (Å²) >= 11 is 3.53. The van der Waals surface area contributed by atoms with Crippen molar-refractivity contribution in [3.63, 3.8) is 0 Å². The predicted molar refractivity (Wildman–Crippen MR) is 97.8 cm³/mol. The molecule has 0 saturated heterocycles. The third-order valence-electron chi connectivity index (χ3n) is 4.56. The molecule has 20 heavy (non-hydrogen) atoms. The number of unbranched alkanes of at least 4 members (excludes halogenated alkanes) is 2. The van der Waals surface area contributed by atoms with Crippen molar-refractivity contribution in [2.75, 3.05) is 5.33 Å². The summed E-state index contributed by atoms with van der Waals surface area (Å²) < 4.78 is 0. The van der Waals surface area contributed by atoms with E-state index in [0.29, 0.717) is 0 Å². The Morgan fingerprint density at radius 2 is 1.00 bits per heavy atom. The van der Waals surface area contributed by atoms with Crippen molar-refractivity contribution in [2.24, 2.45) is 11.8 Å². The lowest BCUT2D eigenvalue weighted by Gasteiger charge is -2.19. The summed E-state index contributed by atoms with van der Waals surface area (Å²) in [5.41, 5.74) is 0. The lowest BCUT2D eigenvalue weighted by Crippen LogP contribution is -2.04. The Balaban J connectivity index is 3.81. The number of alkyl halides is 1. The monoisotopic (exact) mass is 346 g/mol. The van der Waals surface area contributed by atoms with Crippen LogP contribution in [0.15, 0.2) is 0 Å². The lowest BCUT2D eigenvalue weighted by molar-refractivity contribution is 0.342. The van der Waals surface area contributed by atoms with Crippen LogP contribution in [0.5, 0.6) is 0 Å². The van der Waals surface area contributed by atoms with Gasteiger partial charge in [0.15, 0.2) is 0 Å². The largest absolute Gasteiger partial charge is 0.0928 e. The average molecular weight is 347 g/mol. The van der Waals surface area contributed by atoms with Gasteiger partial charge in [0.05, 0.1) is 0 Å². The van der Waals surface area contributed by atoms with Gasteiger partial charge in [-0.2, -0.15) is 0 Å². The summed E-state index contributed by atoms with van der Waals surface area (Å²) in [7, 11) is 0. The summed E-state index contributed by atoms with van der Waals surface area (Å²) in [4.78, 5) is 0. The molecule has 0 aromatic rings. The van der Waals surface area contributed by atoms with Crippen molar-refractivity contribution < 1.29 is 0 Å². The van der Waals surface area contributed by atoms with E-state index in [1.54, 1.807) is 0 Å². The van der Waals surface area contributed by atoms with Crippen molar-refractivity contribution >= 4 is 15.9 Å². The zero-order valence-electron chi connectivity index (χ0n) is 14.4. The second-order valence-electron chi connectivity index (χ2n) is 6.57. The Labute approximate surface area is 137 Å². The standard InChI is InChI=1S/C19H39Br/c1-4-11-18(12-5-2)15-10-16-19(13-6-3)14-8-7-9-17-20/h18-19H,4-17H2,1-3H3. The zero-order valence-corrected chi connectivity index (χ0v) is 16.0. The van der Waals surface area contributed by atoms with Gasteiger partial charge in [0.25, 0.3) is 0 Å². The first-order valence-corrected chi connectivity index (χ1v) is 10.5. The van der Waals surface area contributed by atoms with Gasteiger partial charge in [-0.15, -0.1) is 0 Å². The normalized spacial score (nSPS) is 13.1. The van der Waals surface area contributed by atoms with Gasteiger partial charge >= 0.3 is 0 Å². The molecule has 0 aliphatic carbocycles. The summed E-state index contributed by atoms with van der Waals surface area (Å²) in [6, 6.07) is 0. The topological polar surface area (TPSA) is 0 Å². The summed E-state index contributed by atoms with van der Waals surface area (Å²) in [5.74, 6) is 2.03. The molecular weight excluding hydrogens is 308 g/mol. The van der Waals surface area contributed by atoms with Crippen LogP contribution in [-0.2, 0) is 0 Å². The van der Waals surface area contributed by atoms with Crippen molar-refractivity contribution in [1.29, 1.82) is 0 Å². The van der Waals surface area contributed by atoms with E-state index in [4.69, 9.17) is 0 Å². The van der Waals surface area contributed by atoms with Crippen molar-refractivity contribution in [2.45, 2.75) is 104 Å². The van der Waals surface area contributed by atoms with Crippen LogP contribution in [0.3, 0.4) is 0 Å². The Morgan fingerprint density at radius 3 is 1.45 bits per heavy atom. The molecule has 0 rings (SSSR count). The van der Waals surface area contributed by atoms with Crippen LogP contribution in [0.25, 0.3) is 0 Å². The fourth-order valence-electron chi connectivity index (χ4n) is 3.49. The molecule has 0 spiro atoms. The van der Waals surface area contributed by atoms with Gasteiger partial charge in [-0.1, -0.05) is 114 Å². The van der Waals surface area contributed by atoms with E-state index in [1.807, 2.05) is 0 Å². The van der Waals surface area contributed by atoms with Crippen LogP contribution in [0.1, 0.15) is 104 Å². The van der Waals surface area contributed by atoms with E-state index in [2.05, 4.69) is 36.7 Å². The van der Waals surface area contributed by atoms with E-state index >= 15 is 0 Å². The van der Waals surface area contributed by atoms with E-state index in [9.17, 15) is 0 Å². The third-order valence-corrected chi connectivity index (χ3v) is 5.12. The Hall–Kier alpha value is 0.480. The molecule has 0 amide bonds. The van der Waals surface area contributed by atoms with Crippen molar-refractivity contribution in [3.05, 3.63) is 0 Å². The first-order valence-electron chi connectivity index (χ1n) is 9.34. The van der Waals surface area contributed by atoms with Gasteiger partial charge in [-0.3, -0.25) is 0 Å². The van der Waals surface area contributed by atoms with E-state index in [0.717, 1.165) is 11.8 Å². The highest BCUT2D eigenvalue weighted by atomic mass is 79.9. The molecule has 0 nitrogen and oxygen atoms in total. The number of hydrogen-bond donors (Lipinski definition) is 0. The van der Waals surface area contributed by atoms with Gasteiger partial charge in [-0.05, 0) is 18.3 Å². The minimum atomic E-state index is 1.01. The molecule has 0 fully saturated rings. The van der Waals surface area contributed by atoms with E-state index in [-0.39, 0.29) is 0 Å². The molecule has 1 atom stereocenters. The Morgan fingerprint density at radius 1 is 0.550 bits per heavy atom. The van der Waals surface area contributed by atoms with Gasteiger partial charge in [-0.25, -0.2) is 0 Å². The molecule has 0 N–H and O–H groups in total.